The molecule has 0 atom stereocenters. The smallest absolute Gasteiger partial charge is 0.0540 e. The Labute approximate surface area is 300 Å². The van der Waals surface area contributed by atoms with Crippen LogP contribution in [0.15, 0.2) is 213 Å². The molecule has 0 saturated heterocycles. The topological polar surface area (TPSA) is 6.48 Å². The Bertz CT molecular complexity index is 2470. The molecule has 1 aliphatic carbocycles. The zero-order valence-electron chi connectivity index (χ0n) is 28.5. The van der Waals surface area contributed by atoms with Gasteiger partial charge >= 0.3 is 0 Å². The highest BCUT2D eigenvalue weighted by Crippen LogP contribution is 2.41. The molecule has 0 bridgehead atoms. The summed E-state index contributed by atoms with van der Waals surface area (Å²) in [6, 6.07) is 56.5. The van der Waals surface area contributed by atoms with E-state index in [1.807, 2.05) is 12.2 Å². The first-order valence-corrected chi connectivity index (χ1v) is 17.4. The molecule has 7 aromatic carbocycles. The Morgan fingerprint density at radius 3 is 1.65 bits per heavy atom. The third-order valence-electron chi connectivity index (χ3n) is 9.61. The number of hydrogen-bond acceptors (Lipinski definition) is 2. The van der Waals surface area contributed by atoms with Crippen LogP contribution in [-0.2, 0) is 0 Å². The van der Waals surface area contributed by atoms with E-state index in [1.165, 1.54) is 27.1 Å². The molecule has 0 fully saturated rings. The summed E-state index contributed by atoms with van der Waals surface area (Å²) in [5.41, 5.74) is 11.3. The third-order valence-corrected chi connectivity index (χ3v) is 9.61. The zero-order chi connectivity index (χ0) is 34.6. The first-order chi connectivity index (χ1) is 25.2. The first-order valence-electron chi connectivity index (χ1n) is 17.4. The Balaban J connectivity index is 1.17. The summed E-state index contributed by atoms with van der Waals surface area (Å²) < 4.78 is 0. The number of allylic oxidation sites excluding steroid dienone is 6. The van der Waals surface area contributed by atoms with Crippen LogP contribution in [0.4, 0.5) is 28.4 Å². The molecule has 2 heteroatoms. The molecular weight excluding hydrogens is 617 g/mol. The monoisotopic (exact) mass is 654 g/mol. The maximum absolute atomic E-state index is 4.02. The van der Waals surface area contributed by atoms with Crippen molar-refractivity contribution in [3.05, 3.63) is 218 Å². The van der Waals surface area contributed by atoms with Crippen LogP contribution < -0.4 is 9.80 Å². The molecule has 0 unspecified atom stereocenters. The van der Waals surface area contributed by atoms with Crippen LogP contribution in [0.2, 0.25) is 0 Å². The minimum absolute atomic E-state index is 0.825. The van der Waals surface area contributed by atoms with Gasteiger partial charge in [-0.2, -0.15) is 0 Å². The van der Waals surface area contributed by atoms with Crippen molar-refractivity contribution >= 4 is 56.1 Å². The van der Waals surface area contributed by atoms with Crippen LogP contribution >= 0.6 is 0 Å². The Morgan fingerprint density at radius 1 is 0.490 bits per heavy atom. The molecular formula is C49H38N2. The average Bonchev–Trinajstić information content (AvgIpc) is 3.45. The summed E-state index contributed by atoms with van der Waals surface area (Å²) in [4.78, 5) is 4.70. The maximum Gasteiger partial charge on any atom is 0.0540 e. The van der Waals surface area contributed by atoms with E-state index in [2.05, 4.69) is 205 Å². The molecule has 0 radical (unpaired) electrons. The standard InChI is InChI=1S/C49H38N2/c1-3-36-13-9-19-42(30-25-36)50(48-23-11-17-40-15-5-7-21-46(40)48)43-31-26-38(27-32-43)39-28-33-44(34-29-39)51(45-20-10-14-37(4-2)35-45)49-24-12-18-41-16-6-8-22-47(41)49/h3-24,26-35H,1-2,25H2. The van der Waals surface area contributed by atoms with Gasteiger partial charge in [-0.3, -0.25) is 0 Å². The zero-order valence-corrected chi connectivity index (χ0v) is 28.5. The van der Waals surface area contributed by atoms with Gasteiger partial charge in [0.15, 0.2) is 0 Å². The molecule has 2 nitrogen and oxygen atoms in total. The van der Waals surface area contributed by atoms with Gasteiger partial charge in [0.2, 0.25) is 0 Å². The fraction of sp³-hybridized carbons (Fsp3) is 0.0204. The minimum atomic E-state index is 0.825. The lowest BCUT2D eigenvalue weighted by Crippen LogP contribution is -2.15. The Morgan fingerprint density at radius 2 is 1.04 bits per heavy atom. The normalized spacial score (nSPS) is 12.5. The van der Waals surface area contributed by atoms with Gasteiger partial charge in [-0.15, -0.1) is 0 Å². The first kappa shape index (κ1) is 31.6. The van der Waals surface area contributed by atoms with Crippen LogP contribution in [0.5, 0.6) is 0 Å². The second-order valence-electron chi connectivity index (χ2n) is 12.7. The molecule has 51 heavy (non-hydrogen) atoms. The van der Waals surface area contributed by atoms with Gasteiger partial charge < -0.3 is 9.80 Å². The molecule has 0 amide bonds. The lowest BCUT2D eigenvalue weighted by molar-refractivity contribution is 1.18. The van der Waals surface area contributed by atoms with E-state index in [1.54, 1.807) is 0 Å². The van der Waals surface area contributed by atoms with E-state index in [-0.39, 0.29) is 0 Å². The number of hydrogen-bond donors (Lipinski definition) is 0. The van der Waals surface area contributed by atoms with Crippen molar-refractivity contribution < 1.29 is 0 Å². The van der Waals surface area contributed by atoms with Crippen molar-refractivity contribution in [2.24, 2.45) is 0 Å². The highest BCUT2D eigenvalue weighted by Gasteiger charge is 2.18. The average molecular weight is 655 g/mol. The van der Waals surface area contributed by atoms with E-state index in [9.17, 15) is 0 Å². The fourth-order valence-electron chi connectivity index (χ4n) is 7.00. The Kier molecular flexibility index (Phi) is 8.72. The summed E-state index contributed by atoms with van der Waals surface area (Å²) in [5, 5.41) is 4.84. The lowest BCUT2D eigenvalue weighted by atomic mass is 10.0. The molecule has 8 rings (SSSR count). The summed E-state index contributed by atoms with van der Waals surface area (Å²) in [6.45, 7) is 8.03. The predicted octanol–water partition coefficient (Wildman–Crippen LogP) is 13.9. The molecule has 0 spiro atoms. The summed E-state index contributed by atoms with van der Waals surface area (Å²) in [7, 11) is 0. The van der Waals surface area contributed by atoms with Crippen LogP contribution in [-0.4, -0.2) is 0 Å². The second kappa shape index (κ2) is 14.1. The van der Waals surface area contributed by atoms with Gasteiger partial charge in [0.1, 0.15) is 0 Å². The lowest BCUT2D eigenvalue weighted by Gasteiger charge is -2.28. The van der Waals surface area contributed by atoms with Crippen LogP contribution in [0.25, 0.3) is 38.7 Å². The molecule has 0 aromatic heterocycles. The van der Waals surface area contributed by atoms with Gasteiger partial charge in [0.25, 0.3) is 0 Å². The van der Waals surface area contributed by atoms with Gasteiger partial charge in [-0.05, 0) is 94.1 Å². The highest BCUT2D eigenvalue weighted by atomic mass is 15.2. The molecule has 0 N–H and O–H groups in total. The third kappa shape index (κ3) is 6.32. The second-order valence-corrected chi connectivity index (χ2v) is 12.7. The number of anilines is 5. The molecule has 7 aromatic rings. The largest absolute Gasteiger partial charge is 0.310 e. The summed E-state index contributed by atoms with van der Waals surface area (Å²) >= 11 is 0. The van der Waals surface area contributed by atoms with Gasteiger partial charge in [0, 0.05) is 33.5 Å². The molecule has 0 saturated carbocycles. The summed E-state index contributed by atoms with van der Waals surface area (Å²) in [6.07, 6.45) is 13.4. The fourth-order valence-corrected chi connectivity index (χ4v) is 7.00. The number of rotatable bonds is 9. The van der Waals surface area contributed by atoms with Crippen molar-refractivity contribution in [2.75, 3.05) is 9.80 Å². The van der Waals surface area contributed by atoms with E-state index < -0.39 is 0 Å². The molecule has 0 heterocycles. The Hall–Kier alpha value is -6.64. The van der Waals surface area contributed by atoms with Gasteiger partial charge in [0.05, 0.1) is 11.4 Å². The minimum Gasteiger partial charge on any atom is -0.310 e. The number of nitrogens with zero attached hydrogens (tertiary/aromatic N) is 2. The molecule has 1 aliphatic rings. The van der Waals surface area contributed by atoms with Crippen molar-refractivity contribution in [2.45, 2.75) is 6.42 Å². The van der Waals surface area contributed by atoms with Crippen LogP contribution in [0, 0.1) is 0 Å². The predicted molar refractivity (Wildman–Crippen MR) is 220 cm³/mol. The molecule has 0 aliphatic heterocycles. The SMILES string of the molecule is C=CC1=CC=CC(N(c2ccc(-c3ccc(N(c4cccc(C=C)c4)c4cccc5ccccc45)cc3)cc2)c2cccc3ccccc23)=CC1. The van der Waals surface area contributed by atoms with E-state index in [0.717, 1.165) is 57.2 Å². The van der Waals surface area contributed by atoms with Crippen molar-refractivity contribution in [1.29, 1.82) is 0 Å². The summed E-state index contributed by atoms with van der Waals surface area (Å²) in [5.74, 6) is 0. The highest BCUT2D eigenvalue weighted by molar-refractivity contribution is 6.00. The van der Waals surface area contributed by atoms with Gasteiger partial charge in [-0.25, -0.2) is 0 Å². The van der Waals surface area contributed by atoms with Gasteiger partial charge in [-0.1, -0.05) is 153 Å². The van der Waals surface area contributed by atoms with E-state index in [4.69, 9.17) is 0 Å². The van der Waals surface area contributed by atoms with Crippen LogP contribution in [0.1, 0.15) is 12.0 Å². The van der Waals surface area contributed by atoms with Crippen molar-refractivity contribution in [3.63, 3.8) is 0 Å². The van der Waals surface area contributed by atoms with E-state index >= 15 is 0 Å². The van der Waals surface area contributed by atoms with Crippen molar-refractivity contribution in [1.82, 2.24) is 0 Å². The van der Waals surface area contributed by atoms with Crippen molar-refractivity contribution in [3.8, 4) is 11.1 Å². The van der Waals surface area contributed by atoms with Crippen LogP contribution in [0.3, 0.4) is 0 Å². The van der Waals surface area contributed by atoms with E-state index in [0.29, 0.717) is 0 Å². The molecule has 244 valence electrons. The number of fused-ring (bicyclic) bond motifs is 2. The quantitative estimate of drug-likeness (QED) is 0.153. The maximum atomic E-state index is 4.02. The number of benzene rings is 7.